The van der Waals surface area contributed by atoms with Crippen molar-refractivity contribution < 1.29 is 14.3 Å². The molecule has 0 heterocycles. The van der Waals surface area contributed by atoms with E-state index in [0.29, 0.717) is 23.6 Å². The predicted octanol–water partition coefficient (Wildman–Crippen LogP) is 3.30. The first-order chi connectivity index (χ1) is 12.5. The van der Waals surface area contributed by atoms with E-state index in [9.17, 15) is 4.79 Å². The minimum absolute atomic E-state index is 0.0847. The van der Waals surface area contributed by atoms with Crippen LogP contribution in [-0.2, 0) is 6.42 Å². The Kier molecular flexibility index (Phi) is 7.04. The summed E-state index contributed by atoms with van der Waals surface area (Å²) in [5, 5.41) is 3.02. The fraction of sp³-hybridized carbons (Fsp3) is 0.381. The summed E-state index contributed by atoms with van der Waals surface area (Å²) >= 11 is 0. The number of aryl methyl sites for hydroxylation is 1. The van der Waals surface area contributed by atoms with Crippen molar-refractivity contribution in [2.45, 2.75) is 19.4 Å². The summed E-state index contributed by atoms with van der Waals surface area (Å²) in [5.41, 5.74) is 2.94. The molecule has 0 radical (unpaired) electrons. The second-order valence-electron chi connectivity index (χ2n) is 6.33. The van der Waals surface area contributed by atoms with Crippen LogP contribution >= 0.6 is 0 Å². The highest BCUT2D eigenvalue weighted by molar-refractivity contribution is 5.97. The molecule has 5 nitrogen and oxygen atoms in total. The van der Waals surface area contributed by atoms with E-state index >= 15 is 0 Å². The third-order valence-electron chi connectivity index (χ3n) is 4.50. The molecular weight excluding hydrogens is 328 g/mol. The summed E-state index contributed by atoms with van der Waals surface area (Å²) in [4.78, 5) is 14.8. The average Bonchev–Trinajstić information content (AvgIpc) is 2.67. The Morgan fingerprint density at radius 3 is 2.31 bits per heavy atom. The van der Waals surface area contributed by atoms with Crippen LogP contribution in [-0.4, -0.2) is 45.7 Å². The number of nitrogens with one attached hydrogen (secondary N) is 1. The fourth-order valence-electron chi connectivity index (χ4n) is 2.92. The second-order valence-corrected chi connectivity index (χ2v) is 6.33. The highest BCUT2D eigenvalue weighted by Gasteiger charge is 2.19. The summed E-state index contributed by atoms with van der Waals surface area (Å²) in [6.45, 7) is 2.64. The molecule has 0 aliphatic rings. The molecule has 0 aliphatic heterocycles. The maximum Gasteiger partial charge on any atom is 0.255 e. The van der Waals surface area contributed by atoms with Crippen LogP contribution in [0.15, 0.2) is 42.5 Å². The third kappa shape index (κ3) is 4.55. The summed E-state index contributed by atoms with van der Waals surface area (Å²) in [6.07, 6.45) is 1.01. The van der Waals surface area contributed by atoms with Gasteiger partial charge in [0.25, 0.3) is 5.91 Å². The number of hydrogen-bond donors (Lipinski definition) is 1. The van der Waals surface area contributed by atoms with Gasteiger partial charge in [0.1, 0.15) is 0 Å². The van der Waals surface area contributed by atoms with Crippen LogP contribution in [0.4, 0.5) is 0 Å². The van der Waals surface area contributed by atoms with Gasteiger partial charge in [0.15, 0.2) is 11.5 Å². The Bertz CT molecular complexity index is 727. The molecule has 2 aromatic rings. The van der Waals surface area contributed by atoms with Crippen molar-refractivity contribution in [2.75, 3.05) is 34.9 Å². The summed E-state index contributed by atoms with van der Waals surface area (Å²) in [7, 11) is 7.11. The molecule has 0 fully saturated rings. The first-order valence-corrected chi connectivity index (χ1v) is 8.76. The monoisotopic (exact) mass is 356 g/mol. The summed E-state index contributed by atoms with van der Waals surface area (Å²) < 4.78 is 10.6. The lowest BCUT2D eigenvalue weighted by atomic mass is 10.0. The number of ether oxygens (including phenoxy) is 2. The zero-order valence-electron chi connectivity index (χ0n) is 16.2. The van der Waals surface area contributed by atoms with E-state index in [2.05, 4.69) is 41.4 Å². The summed E-state index contributed by atoms with van der Waals surface area (Å²) in [5.74, 6) is 0.804. The molecule has 2 aromatic carbocycles. The largest absolute Gasteiger partial charge is 0.493 e. The molecule has 2 rings (SSSR count). The lowest BCUT2D eigenvalue weighted by Gasteiger charge is -2.25. The molecule has 1 unspecified atom stereocenters. The number of benzene rings is 2. The van der Waals surface area contributed by atoms with E-state index in [-0.39, 0.29) is 11.9 Å². The molecular formula is C21H28N2O3. The molecule has 0 aliphatic carbocycles. The van der Waals surface area contributed by atoms with E-state index in [4.69, 9.17) is 9.47 Å². The van der Waals surface area contributed by atoms with E-state index in [0.717, 1.165) is 6.42 Å². The van der Waals surface area contributed by atoms with Gasteiger partial charge in [0, 0.05) is 6.54 Å². The first kappa shape index (κ1) is 19.8. The van der Waals surface area contributed by atoms with E-state index in [1.807, 2.05) is 14.1 Å². The van der Waals surface area contributed by atoms with Gasteiger partial charge in [0.2, 0.25) is 0 Å². The van der Waals surface area contributed by atoms with E-state index < -0.39 is 0 Å². The van der Waals surface area contributed by atoms with Gasteiger partial charge < -0.3 is 19.7 Å². The molecule has 0 bridgehead atoms. The Labute approximate surface area is 155 Å². The lowest BCUT2D eigenvalue weighted by molar-refractivity contribution is 0.0938. The standard InChI is InChI=1S/C21H28N2O3/c1-6-15-10-12-16(13-11-15)18(23(2)3)14-22-21(24)17-8-7-9-19(25-4)20(17)26-5/h7-13,18H,6,14H2,1-5H3,(H,22,24). The van der Waals surface area contributed by atoms with Gasteiger partial charge in [-0.2, -0.15) is 0 Å². The third-order valence-corrected chi connectivity index (χ3v) is 4.50. The van der Waals surface area contributed by atoms with Crippen molar-refractivity contribution in [1.82, 2.24) is 10.2 Å². The van der Waals surface area contributed by atoms with Crippen LogP contribution in [0.2, 0.25) is 0 Å². The van der Waals surface area contributed by atoms with Crippen molar-refractivity contribution in [2.24, 2.45) is 0 Å². The Hall–Kier alpha value is -2.53. The maximum atomic E-state index is 12.7. The highest BCUT2D eigenvalue weighted by atomic mass is 16.5. The maximum absolute atomic E-state index is 12.7. The molecule has 0 saturated heterocycles. The Balaban J connectivity index is 2.15. The number of carbonyl (C=O) groups is 1. The van der Waals surface area contributed by atoms with Crippen LogP contribution in [0.3, 0.4) is 0 Å². The first-order valence-electron chi connectivity index (χ1n) is 8.76. The average molecular weight is 356 g/mol. The van der Waals surface area contributed by atoms with Crippen molar-refractivity contribution in [1.29, 1.82) is 0 Å². The predicted molar refractivity (Wildman–Crippen MR) is 104 cm³/mol. The number of amides is 1. The zero-order valence-corrected chi connectivity index (χ0v) is 16.2. The van der Waals surface area contributed by atoms with Gasteiger partial charge in [-0.25, -0.2) is 0 Å². The van der Waals surface area contributed by atoms with Gasteiger partial charge in [-0.15, -0.1) is 0 Å². The van der Waals surface area contributed by atoms with Gasteiger partial charge in [-0.1, -0.05) is 37.3 Å². The van der Waals surface area contributed by atoms with Crippen LogP contribution in [0.5, 0.6) is 11.5 Å². The molecule has 26 heavy (non-hydrogen) atoms. The number of hydrogen-bond acceptors (Lipinski definition) is 4. The summed E-state index contributed by atoms with van der Waals surface area (Å²) in [6, 6.07) is 13.9. The number of likely N-dealkylation sites (N-methyl/N-ethyl adjacent to an activating group) is 1. The minimum atomic E-state index is -0.183. The van der Waals surface area contributed by atoms with Crippen molar-refractivity contribution in [3.05, 3.63) is 59.2 Å². The number of nitrogens with zero attached hydrogens (tertiary/aromatic N) is 1. The minimum Gasteiger partial charge on any atom is -0.493 e. The molecule has 1 amide bonds. The number of carbonyl (C=O) groups excluding carboxylic acids is 1. The quantitative estimate of drug-likeness (QED) is 0.788. The molecule has 5 heteroatoms. The number of methoxy groups -OCH3 is 2. The van der Waals surface area contributed by atoms with Crippen LogP contribution in [0.25, 0.3) is 0 Å². The molecule has 0 aromatic heterocycles. The second kappa shape index (κ2) is 9.25. The lowest BCUT2D eigenvalue weighted by Crippen LogP contribution is -2.34. The molecule has 0 saturated carbocycles. The molecule has 0 spiro atoms. The number of para-hydroxylation sites is 1. The van der Waals surface area contributed by atoms with Gasteiger partial charge in [-0.3, -0.25) is 4.79 Å². The molecule has 1 N–H and O–H groups in total. The molecule has 1 atom stereocenters. The van der Waals surface area contributed by atoms with Gasteiger partial charge >= 0.3 is 0 Å². The number of rotatable bonds is 8. The zero-order chi connectivity index (χ0) is 19.1. The SMILES string of the molecule is CCc1ccc(C(CNC(=O)c2cccc(OC)c2OC)N(C)C)cc1. The van der Waals surface area contributed by atoms with Gasteiger partial charge in [0.05, 0.1) is 25.8 Å². The van der Waals surface area contributed by atoms with Gasteiger partial charge in [-0.05, 0) is 43.8 Å². The van der Waals surface area contributed by atoms with Crippen LogP contribution in [0.1, 0.15) is 34.5 Å². The van der Waals surface area contributed by atoms with Crippen LogP contribution < -0.4 is 14.8 Å². The van der Waals surface area contributed by atoms with Crippen molar-refractivity contribution in [3.63, 3.8) is 0 Å². The fourth-order valence-corrected chi connectivity index (χ4v) is 2.92. The van der Waals surface area contributed by atoms with E-state index in [1.54, 1.807) is 25.3 Å². The smallest absolute Gasteiger partial charge is 0.255 e. The highest BCUT2D eigenvalue weighted by Crippen LogP contribution is 2.30. The Morgan fingerprint density at radius 2 is 1.77 bits per heavy atom. The van der Waals surface area contributed by atoms with Crippen molar-refractivity contribution in [3.8, 4) is 11.5 Å². The normalized spacial score (nSPS) is 11.9. The molecule has 140 valence electrons. The Morgan fingerprint density at radius 1 is 1.08 bits per heavy atom. The van der Waals surface area contributed by atoms with E-state index in [1.165, 1.54) is 18.2 Å². The van der Waals surface area contributed by atoms with Crippen LogP contribution in [0, 0.1) is 0 Å². The van der Waals surface area contributed by atoms with Crippen molar-refractivity contribution >= 4 is 5.91 Å². The topological polar surface area (TPSA) is 50.8 Å².